The molecule has 0 radical (unpaired) electrons. The van der Waals surface area contributed by atoms with E-state index in [2.05, 4.69) is 20.3 Å². The van der Waals surface area contributed by atoms with Crippen molar-refractivity contribution in [2.75, 3.05) is 19.0 Å². The van der Waals surface area contributed by atoms with Gasteiger partial charge in [0.1, 0.15) is 5.75 Å². The van der Waals surface area contributed by atoms with Crippen LogP contribution < -0.4 is 10.1 Å². The Morgan fingerprint density at radius 3 is 2.52 bits per heavy atom. The number of esters is 1. The molecule has 29 heavy (non-hydrogen) atoms. The van der Waals surface area contributed by atoms with E-state index in [1.54, 1.807) is 36.4 Å². The molecule has 0 bridgehead atoms. The Morgan fingerprint density at radius 1 is 1.10 bits per heavy atom. The van der Waals surface area contributed by atoms with Crippen LogP contribution in [0.5, 0.6) is 5.75 Å². The second-order valence-electron chi connectivity index (χ2n) is 5.64. The predicted octanol–water partition coefficient (Wildman–Crippen LogP) is 4.29. The molecule has 3 aromatic rings. The van der Waals surface area contributed by atoms with Gasteiger partial charge in [0.15, 0.2) is 10.9 Å². The zero-order valence-corrected chi connectivity index (χ0v) is 17.6. The van der Waals surface area contributed by atoms with Crippen LogP contribution in [0.3, 0.4) is 0 Å². The van der Waals surface area contributed by atoms with Crippen molar-refractivity contribution in [1.82, 2.24) is 10.2 Å². The lowest BCUT2D eigenvalue weighted by Gasteiger charge is -2.05. The molecule has 1 N–H and O–H groups in total. The summed E-state index contributed by atoms with van der Waals surface area (Å²) >= 11 is 8.57. The fraction of sp³-hybridized carbons (Fsp3) is 0.158. The van der Waals surface area contributed by atoms with Crippen LogP contribution in [0.2, 0.25) is 5.02 Å². The molecule has 1 aromatic heterocycles. The van der Waals surface area contributed by atoms with Crippen molar-refractivity contribution in [2.24, 2.45) is 0 Å². The van der Waals surface area contributed by atoms with Gasteiger partial charge in [-0.1, -0.05) is 46.8 Å². The number of thioether (sulfide) groups is 1. The number of aromatic nitrogens is 2. The van der Waals surface area contributed by atoms with Gasteiger partial charge in [-0.2, -0.15) is 0 Å². The molecule has 7 nitrogen and oxygen atoms in total. The number of nitrogens with one attached hydrogen (secondary N) is 1. The Hall–Kier alpha value is -2.62. The fourth-order valence-corrected chi connectivity index (χ4v) is 4.00. The van der Waals surface area contributed by atoms with E-state index in [-0.39, 0.29) is 18.5 Å². The number of benzene rings is 2. The number of nitrogens with zero attached hydrogens (tertiary/aromatic N) is 2. The van der Waals surface area contributed by atoms with Gasteiger partial charge in [-0.05, 0) is 42.0 Å². The Kier molecular flexibility index (Phi) is 7.45. The number of rotatable bonds is 8. The highest BCUT2D eigenvalue weighted by atomic mass is 35.5. The minimum absolute atomic E-state index is 0.143. The van der Waals surface area contributed by atoms with Crippen LogP contribution in [0, 0.1) is 0 Å². The zero-order chi connectivity index (χ0) is 20.6. The monoisotopic (exact) mass is 449 g/mol. The first-order chi connectivity index (χ1) is 14.0. The van der Waals surface area contributed by atoms with Gasteiger partial charge in [0.25, 0.3) is 5.91 Å². The van der Waals surface area contributed by atoms with Crippen molar-refractivity contribution >= 4 is 51.7 Å². The average molecular weight is 450 g/mol. The quantitative estimate of drug-likeness (QED) is 0.311. The summed E-state index contributed by atoms with van der Waals surface area (Å²) in [6.07, 6.45) is 0. The number of anilines is 1. The minimum atomic E-state index is -0.367. The van der Waals surface area contributed by atoms with Crippen LogP contribution in [-0.4, -0.2) is 35.8 Å². The number of halogens is 1. The molecule has 10 heteroatoms. The first kappa shape index (κ1) is 21.1. The average Bonchev–Trinajstić information content (AvgIpc) is 3.19. The molecule has 1 amide bonds. The minimum Gasteiger partial charge on any atom is -0.484 e. The largest absolute Gasteiger partial charge is 0.484 e. The lowest BCUT2D eigenvalue weighted by molar-refractivity contribution is -0.118. The van der Waals surface area contributed by atoms with Gasteiger partial charge in [0, 0.05) is 10.8 Å². The Morgan fingerprint density at radius 2 is 1.83 bits per heavy atom. The maximum absolute atomic E-state index is 12.0. The Bertz CT molecular complexity index is 978. The highest BCUT2D eigenvalue weighted by Crippen LogP contribution is 2.28. The number of hydrogen-bond donors (Lipinski definition) is 1. The number of amides is 1. The number of carbonyl (C=O) groups is 2. The van der Waals surface area contributed by atoms with E-state index < -0.39 is 0 Å². The maximum Gasteiger partial charge on any atom is 0.337 e. The van der Waals surface area contributed by atoms with Crippen LogP contribution in [0.1, 0.15) is 15.9 Å². The summed E-state index contributed by atoms with van der Waals surface area (Å²) in [5, 5.41) is 11.7. The third-order valence-corrected chi connectivity index (χ3v) is 5.87. The van der Waals surface area contributed by atoms with Gasteiger partial charge in [-0.15, -0.1) is 10.2 Å². The molecule has 0 unspecified atom stereocenters. The topological polar surface area (TPSA) is 90.4 Å². The van der Waals surface area contributed by atoms with Gasteiger partial charge in [0.05, 0.1) is 12.7 Å². The molecule has 1 heterocycles. The molecule has 0 atom stereocenters. The van der Waals surface area contributed by atoms with E-state index in [1.165, 1.54) is 30.2 Å². The number of hydrogen-bond acceptors (Lipinski definition) is 8. The second-order valence-corrected chi connectivity index (χ2v) is 8.28. The molecule has 2 aromatic carbocycles. The lowest BCUT2D eigenvalue weighted by atomic mass is 10.1. The van der Waals surface area contributed by atoms with Gasteiger partial charge < -0.3 is 9.47 Å². The highest BCUT2D eigenvalue weighted by Gasteiger charge is 2.10. The molecular formula is C19H16ClN3O4S2. The summed E-state index contributed by atoms with van der Waals surface area (Å²) in [6, 6.07) is 13.9. The molecule has 0 fully saturated rings. The van der Waals surface area contributed by atoms with E-state index >= 15 is 0 Å². The van der Waals surface area contributed by atoms with Crippen LogP contribution in [0.15, 0.2) is 52.9 Å². The highest BCUT2D eigenvalue weighted by molar-refractivity contribution is 8.00. The standard InChI is InChI=1S/C19H16ClN3O4S2/c1-26-17(25)13-4-2-12(3-5-13)11-28-19-23-22-18(29-19)21-16(24)10-27-15-8-6-14(20)7-9-15/h2-9H,10-11H2,1H3,(H,21,22,24). The van der Waals surface area contributed by atoms with E-state index in [0.29, 0.717) is 27.2 Å². The van der Waals surface area contributed by atoms with Crippen LogP contribution >= 0.6 is 34.7 Å². The molecule has 0 aliphatic carbocycles. The van der Waals surface area contributed by atoms with Crippen molar-refractivity contribution < 1.29 is 19.1 Å². The third kappa shape index (κ3) is 6.45. The summed E-state index contributed by atoms with van der Waals surface area (Å²) in [7, 11) is 1.35. The van der Waals surface area contributed by atoms with Crippen molar-refractivity contribution in [3.63, 3.8) is 0 Å². The summed E-state index contributed by atoms with van der Waals surface area (Å²) in [4.78, 5) is 23.4. The molecule has 0 saturated carbocycles. The number of ether oxygens (including phenoxy) is 2. The van der Waals surface area contributed by atoms with Crippen LogP contribution in [0.25, 0.3) is 0 Å². The fourth-order valence-electron chi connectivity index (χ4n) is 2.15. The Labute approximate surface area is 180 Å². The summed E-state index contributed by atoms with van der Waals surface area (Å²) in [6.45, 7) is -0.143. The van der Waals surface area contributed by atoms with Crippen molar-refractivity contribution in [1.29, 1.82) is 0 Å². The first-order valence-electron chi connectivity index (χ1n) is 8.35. The first-order valence-corrected chi connectivity index (χ1v) is 10.5. The summed E-state index contributed by atoms with van der Waals surface area (Å²) in [5.41, 5.74) is 1.53. The number of methoxy groups -OCH3 is 1. The SMILES string of the molecule is COC(=O)c1ccc(CSc2nnc(NC(=O)COc3ccc(Cl)cc3)s2)cc1. The zero-order valence-electron chi connectivity index (χ0n) is 15.3. The van der Waals surface area contributed by atoms with E-state index in [4.69, 9.17) is 16.3 Å². The van der Waals surface area contributed by atoms with Gasteiger partial charge >= 0.3 is 5.97 Å². The van der Waals surface area contributed by atoms with Crippen LogP contribution in [-0.2, 0) is 15.3 Å². The van der Waals surface area contributed by atoms with E-state index in [0.717, 1.165) is 9.90 Å². The summed E-state index contributed by atoms with van der Waals surface area (Å²) < 4.78 is 10.8. The summed E-state index contributed by atoms with van der Waals surface area (Å²) in [5.74, 6) is 0.514. The molecule has 3 rings (SSSR count). The Balaban J connectivity index is 1.45. The lowest BCUT2D eigenvalue weighted by Crippen LogP contribution is -2.20. The molecule has 0 saturated heterocycles. The molecule has 0 aliphatic heterocycles. The molecule has 150 valence electrons. The maximum atomic E-state index is 12.0. The van der Waals surface area contributed by atoms with Gasteiger partial charge in [-0.3, -0.25) is 10.1 Å². The van der Waals surface area contributed by atoms with Gasteiger partial charge in [-0.25, -0.2) is 4.79 Å². The molecular weight excluding hydrogens is 434 g/mol. The van der Waals surface area contributed by atoms with Crippen molar-refractivity contribution in [3.05, 3.63) is 64.7 Å². The van der Waals surface area contributed by atoms with Gasteiger partial charge in [0.2, 0.25) is 5.13 Å². The van der Waals surface area contributed by atoms with Crippen LogP contribution in [0.4, 0.5) is 5.13 Å². The normalized spacial score (nSPS) is 10.4. The van der Waals surface area contributed by atoms with Crippen molar-refractivity contribution in [2.45, 2.75) is 10.1 Å². The third-order valence-electron chi connectivity index (χ3n) is 3.57. The second kappa shape index (κ2) is 10.2. The van der Waals surface area contributed by atoms with E-state index in [9.17, 15) is 9.59 Å². The van der Waals surface area contributed by atoms with E-state index in [1.807, 2.05) is 12.1 Å². The smallest absolute Gasteiger partial charge is 0.337 e. The predicted molar refractivity (Wildman–Crippen MR) is 113 cm³/mol. The number of carbonyl (C=O) groups excluding carboxylic acids is 2. The molecule has 0 spiro atoms. The van der Waals surface area contributed by atoms with Crippen molar-refractivity contribution in [3.8, 4) is 5.75 Å². The molecule has 0 aliphatic rings.